The number of nitrogens with zero attached hydrogens (tertiary/aromatic N) is 6. The molecule has 1 aliphatic heterocycles. The van der Waals surface area contributed by atoms with Gasteiger partial charge in [0.15, 0.2) is 0 Å². The van der Waals surface area contributed by atoms with Gasteiger partial charge >= 0.3 is 6.09 Å². The van der Waals surface area contributed by atoms with Gasteiger partial charge in [0.2, 0.25) is 0 Å². The van der Waals surface area contributed by atoms with Crippen molar-refractivity contribution in [2.45, 2.75) is 26.4 Å². The lowest BCUT2D eigenvalue weighted by Gasteiger charge is -2.36. The first-order valence-corrected chi connectivity index (χ1v) is 11.3. The zero-order chi connectivity index (χ0) is 24.3. The highest BCUT2D eigenvalue weighted by Gasteiger charge is 2.26. The molecule has 0 bridgehead atoms. The van der Waals surface area contributed by atoms with E-state index in [-0.39, 0.29) is 6.09 Å². The third kappa shape index (κ3) is 5.03. The van der Waals surface area contributed by atoms with Crippen LogP contribution in [0.5, 0.6) is 0 Å². The average molecular weight is 462 g/mol. The van der Waals surface area contributed by atoms with Crippen LogP contribution in [0.1, 0.15) is 26.3 Å². The molecule has 0 saturated carbocycles. The Kier molecular flexibility index (Phi) is 6.54. The Morgan fingerprint density at radius 3 is 2.59 bits per heavy atom. The molecule has 0 radical (unpaired) electrons. The van der Waals surface area contributed by atoms with Crippen LogP contribution in [0.3, 0.4) is 0 Å². The van der Waals surface area contributed by atoms with Gasteiger partial charge in [-0.2, -0.15) is 5.10 Å². The third-order valence-electron chi connectivity index (χ3n) is 5.58. The Balaban J connectivity index is 1.55. The molecule has 2 aromatic heterocycles. The van der Waals surface area contributed by atoms with Crippen LogP contribution in [0.4, 0.5) is 10.6 Å². The van der Waals surface area contributed by atoms with E-state index in [1.54, 1.807) is 30.6 Å². The highest BCUT2D eigenvalue weighted by molar-refractivity contribution is 6.10. The van der Waals surface area contributed by atoms with E-state index >= 15 is 0 Å². The van der Waals surface area contributed by atoms with Crippen molar-refractivity contribution >= 4 is 34.6 Å². The van der Waals surface area contributed by atoms with Gasteiger partial charge in [-0.05, 0) is 38.5 Å². The maximum atomic E-state index is 12.4. The summed E-state index contributed by atoms with van der Waals surface area (Å²) in [5, 5.41) is 5.64. The molecule has 0 unspecified atom stereocenters. The number of aromatic nitrogens is 3. The van der Waals surface area contributed by atoms with Crippen molar-refractivity contribution in [3.63, 3.8) is 0 Å². The van der Waals surface area contributed by atoms with E-state index in [1.165, 1.54) is 0 Å². The molecular weight excluding hydrogens is 430 g/mol. The lowest BCUT2D eigenvalue weighted by Crippen LogP contribution is -2.50. The highest BCUT2D eigenvalue weighted by Crippen LogP contribution is 2.25. The van der Waals surface area contributed by atoms with Gasteiger partial charge < -0.3 is 20.3 Å². The van der Waals surface area contributed by atoms with E-state index in [1.807, 2.05) is 55.9 Å². The van der Waals surface area contributed by atoms with Gasteiger partial charge in [0.05, 0.1) is 17.4 Å². The maximum absolute atomic E-state index is 12.4. The number of rotatable bonds is 4. The molecule has 1 amide bonds. The standard InChI is InChI=1S/C25H31N7O2/c1-25(2,3)34-24(33)31-11-9-30(10-12-31)23-14-21(7-8-28-23)32-22-13-18(20(15-26)16-27-4)5-6-19(22)17-29-32/h5-8,13-17H,9-12,26H2,1-4H3/b20-15+,27-16?. The molecule has 9 heteroatoms. The van der Waals surface area contributed by atoms with Gasteiger partial charge in [-0.1, -0.05) is 12.1 Å². The number of nitrogens with two attached hydrogens (primary N) is 1. The SMILES string of the molecule is CN=C/C(=C\N)c1ccc2cnn(-c3ccnc(N4CCN(C(=O)OC(C)(C)C)CC4)c3)c2c1. The van der Waals surface area contributed by atoms with Crippen LogP contribution < -0.4 is 10.6 Å². The van der Waals surface area contributed by atoms with Crippen LogP contribution in [0.25, 0.3) is 22.2 Å². The largest absolute Gasteiger partial charge is 0.444 e. The molecule has 178 valence electrons. The van der Waals surface area contributed by atoms with Crippen molar-refractivity contribution < 1.29 is 9.53 Å². The fourth-order valence-electron chi connectivity index (χ4n) is 3.91. The normalized spacial score (nSPS) is 15.4. The Bertz CT molecular complexity index is 1230. The summed E-state index contributed by atoms with van der Waals surface area (Å²) in [6.45, 7) is 8.17. The van der Waals surface area contributed by atoms with Crippen molar-refractivity contribution in [2.75, 3.05) is 38.1 Å². The maximum Gasteiger partial charge on any atom is 0.410 e. The molecule has 9 nitrogen and oxygen atoms in total. The predicted molar refractivity (Wildman–Crippen MR) is 135 cm³/mol. The predicted octanol–water partition coefficient (Wildman–Crippen LogP) is 3.48. The van der Waals surface area contributed by atoms with Crippen LogP contribution in [0, 0.1) is 0 Å². The number of hydrogen-bond acceptors (Lipinski definition) is 7. The highest BCUT2D eigenvalue weighted by atomic mass is 16.6. The Morgan fingerprint density at radius 2 is 1.91 bits per heavy atom. The van der Waals surface area contributed by atoms with Crippen molar-refractivity contribution in [3.05, 3.63) is 54.5 Å². The molecule has 4 rings (SSSR count). The summed E-state index contributed by atoms with van der Waals surface area (Å²) in [6, 6.07) is 10.1. The molecule has 1 saturated heterocycles. The summed E-state index contributed by atoms with van der Waals surface area (Å²) < 4.78 is 7.40. The van der Waals surface area contributed by atoms with Gasteiger partial charge in [0.25, 0.3) is 0 Å². The number of hydrogen-bond donors (Lipinski definition) is 1. The number of ether oxygens (including phenoxy) is 1. The molecule has 3 heterocycles. The van der Waals surface area contributed by atoms with E-state index in [0.717, 1.165) is 33.5 Å². The number of carbonyl (C=O) groups is 1. The van der Waals surface area contributed by atoms with E-state index in [4.69, 9.17) is 10.5 Å². The quantitative estimate of drug-likeness (QED) is 0.597. The van der Waals surface area contributed by atoms with E-state index in [0.29, 0.717) is 26.2 Å². The molecule has 0 atom stereocenters. The topological polar surface area (TPSA) is 102 Å². The second-order valence-electron chi connectivity index (χ2n) is 9.17. The molecule has 3 aromatic rings. The lowest BCUT2D eigenvalue weighted by molar-refractivity contribution is 0.0240. The number of fused-ring (bicyclic) bond motifs is 1. The number of amides is 1. The number of allylic oxidation sites excluding steroid dienone is 1. The molecular formula is C25H31N7O2. The average Bonchev–Trinajstić information content (AvgIpc) is 3.25. The molecule has 0 aliphatic carbocycles. The first kappa shape index (κ1) is 23.3. The number of benzene rings is 1. The van der Waals surface area contributed by atoms with Crippen LogP contribution in [-0.4, -0.2) is 70.8 Å². The summed E-state index contributed by atoms with van der Waals surface area (Å²) in [7, 11) is 1.72. The van der Waals surface area contributed by atoms with E-state index in [9.17, 15) is 4.79 Å². The first-order chi connectivity index (χ1) is 16.3. The van der Waals surface area contributed by atoms with Crippen molar-refractivity contribution in [1.29, 1.82) is 0 Å². The van der Waals surface area contributed by atoms with Gasteiger partial charge in [0.1, 0.15) is 11.4 Å². The third-order valence-corrected chi connectivity index (χ3v) is 5.58. The number of anilines is 1. The van der Waals surface area contributed by atoms with Crippen molar-refractivity contribution in [2.24, 2.45) is 10.7 Å². The summed E-state index contributed by atoms with van der Waals surface area (Å²) in [5.74, 6) is 0.849. The summed E-state index contributed by atoms with van der Waals surface area (Å²) in [4.78, 5) is 24.9. The van der Waals surface area contributed by atoms with Crippen LogP contribution in [0.15, 0.2) is 53.9 Å². The summed E-state index contributed by atoms with van der Waals surface area (Å²) in [6.07, 6.45) is 6.65. The Hall–Kier alpha value is -3.88. The number of carbonyl (C=O) groups excluding carboxylic acids is 1. The lowest BCUT2D eigenvalue weighted by atomic mass is 10.1. The Morgan fingerprint density at radius 1 is 1.15 bits per heavy atom. The van der Waals surface area contributed by atoms with Crippen molar-refractivity contribution in [3.8, 4) is 5.69 Å². The van der Waals surface area contributed by atoms with Gasteiger partial charge in [-0.15, -0.1) is 0 Å². The molecule has 2 N–H and O–H groups in total. The Labute approximate surface area is 199 Å². The number of aliphatic imine (C=N–C) groups is 1. The fourth-order valence-corrected chi connectivity index (χ4v) is 3.91. The fraction of sp³-hybridized carbons (Fsp3) is 0.360. The van der Waals surface area contributed by atoms with Crippen LogP contribution in [-0.2, 0) is 4.74 Å². The minimum Gasteiger partial charge on any atom is -0.444 e. The van der Waals surface area contributed by atoms with Gasteiger partial charge in [-0.25, -0.2) is 14.5 Å². The first-order valence-electron chi connectivity index (χ1n) is 11.3. The molecule has 34 heavy (non-hydrogen) atoms. The molecule has 1 fully saturated rings. The molecule has 1 aromatic carbocycles. The van der Waals surface area contributed by atoms with E-state index < -0.39 is 5.60 Å². The molecule has 0 spiro atoms. The van der Waals surface area contributed by atoms with Gasteiger partial charge in [-0.3, -0.25) is 4.99 Å². The zero-order valence-electron chi connectivity index (χ0n) is 20.1. The van der Waals surface area contributed by atoms with Crippen molar-refractivity contribution in [1.82, 2.24) is 19.7 Å². The number of piperazine rings is 1. The minimum absolute atomic E-state index is 0.272. The summed E-state index contributed by atoms with van der Waals surface area (Å²) in [5.41, 5.74) is 8.99. The second kappa shape index (κ2) is 9.54. The molecule has 1 aliphatic rings. The summed E-state index contributed by atoms with van der Waals surface area (Å²) >= 11 is 0. The second-order valence-corrected chi connectivity index (χ2v) is 9.17. The van der Waals surface area contributed by atoms with E-state index in [2.05, 4.69) is 26.0 Å². The number of pyridine rings is 1. The van der Waals surface area contributed by atoms with Crippen LogP contribution >= 0.6 is 0 Å². The monoisotopic (exact) mass is 461 g/mol. The smallest absolute Gasteiger partial charge is 0.410 e. The zero-order valence-corrected chi connectivity index (χ0v) is 20.1. The van der Waals surface area contributed by atoms with Crippen LogP contribution in [0.2, 0.25) is 0 Å². The minimum atomic E-state index is -0.499. The van der Waals surface area contributed by atoms with Gasteiger partial charge in [0, 0.05) is 68.9 Å².